The van der Waals surface area contributed by atoms with E-state index in [1.807, 2.05) is 20.9 Å². The van der Waals surface area contributed by atoms with E-state index in [-0.39, 0.29) is 11.2 Å². The number of rotatable bonds is 6. The minimum Gasteiger partial charge on any atom is -0.383 e. The molecule has 0 aromatic carbocycles. The lowest BCUT2D eigenvalue weighted by Crippen LogP contribution is -2.37. The molecule has 0 aromatic rings. The highest BCUT2D eigenvalue weighted by Gasteiger charge is 2.24. The van der Waals surface area contributed by atoms with E-state index in [0.717, 1.165) is 13.1 Å². The van der Waals surface area contributed by atoms with Crippen LogP contribution in [0.2, 0.25) is 0 Å². The largest absolute Gasteiger partial charge is 0.383 e. The fourth-order valence-corrected chi connectivity index (χ4v) is 1.11. The van der Waals surface area contributed by atoms with Crippen LogP contribution in [0.5, 0.6) is 0 Å². The standard InChI is InChI=1S/C10H21NO2/c1-9(12)10(2,3)8-11(4)6-7-13-5/h6-8H2,1-5H3. The molecular formula is C10H21NO2. The molecule has 0 atom stereocenters. The van der Waals surface area contributed by atoms with Crippen molar-refractivity contribution in [3.05, 3.63) is 0 Å². The summed E-state index contributed by atoms with van der Waals surface area (Å²) in [5, 5.41) is 0. The maximum atomic E-state index is 11.2. The van der Waals surface area contributed by atoms with Gasteiger partial charge in [-0.25, -0.2) is 0 Å². The van der Waals surface area contributed by atoms with E-state index in [0.29, 0.717) is 6.61 Å². The van der Waals surface area contributed by atoms with E-state index >= 15 is 0 Å². The van der Waals surface area contributed by atoms with Crippen molar-refractivity contribution in [2.45, 2.75) is 20.8 Å². The van der Waals surface area contributed by atoms with Crippen molar-refractivity contribution in [3.63, 3.8) is 0 Å². The Morgan fingerprint density at radius 3 is 2.38 bits per heavy atom. The third-order valence-electron chi connectivity index (χ3n) is 2.30. The third-order valence-corrected chi connectivity index (χ3v) is 2.30. The van der Waals surface area contributed by atoms with Gasteiger partial charge in [-0.15, -0.1) is 0 Å². The lowest BCUT2D eigenvalue weighted by molar-refractivity contribution is -0.125. The summed E-state index contributed by atoms with van der Waals surface area (Å²) in [6, 6.07) is 0. The second-order valence-corrected chi connectivity index (χ2v) is 4.17. The third kappa shape index (κ3) is 5.01. The van der Waals surface area contributed by atoms with Crippen molar-refractivity contribution in [1.29, 1.82) is 0 Å². The summed E-state index contributed by atoms with van der Waals surface area (Å²) in [6.07, 6.45) is 0. The van der Waals surface area contributed by atoms with Crippen LogP contribution in [0.25, 0.3) is 0 Å². The number of ketones is 1. The molecule has 0 aromatic heterocycles. The van der Waals surface area contributed by atoms with Gasteiger partial charge in [0.05, 0.1) is 6.61 Å². The molecule has 0 spiro atoms. The number of hydrogen-bond acceptors (Lipinski definition) is 3. The van der Waals surface area contributed by atoms with Gasteiger partial charge in [-0.05, 0) is 14.0 Å². The normalized spacial score (nSPS) is 12.2. The summed E-state index contributed by atoms with van der Waals surface area (Å²) < 4.78 is 4.96. The minimum atomic E-state index is -0.248. The summed E-state index contributed by atoms with van der Waals surface area (Å²) in [5.74, 6) is 0.233. The van der Waals surface area contributed by atoms with Crippen molar-refractivity contribution in [1.82, 2.24) is 4.90 Å². The van der Waals surface area contributed by atoms with Crippen molar-refractivity contribution >= 4 is 5.78 Å². The van der Waals surface area contributed by atoms with Gasteiger partial charge < -0.3 is 9.64 Å². The molecule has 0 aliphatic heterocycles. The first kappa shape index (κ1) is 12.6. The molecule has 0 radical (unpaired) electrons. The van der Waals surface area contributed by atoms with E-state index in [1.54, 1.807) is 14.0 Å². The average molecular weight is 187 g/mol. The van der Waals surface area contributed by atoms with Crippen LogP contribution in [0.4, 0.5) is 0 Å². The second-order valence-electron chi connectivity index (χ2n) is 4.17. The lowest BCUT2D eigenvalue weighted by Gasteiger charge is -2.27. The first-order chi connectivity index (χ1) is 5.90. The molecule has 3 heteroatoms. The first-order valence-electron chi connectivity index (χ1n) is 4.58. The Morgan fingerprint density at radius 2 is 2.00 bits per heavy atom. The summed E-state index contributed by atoms with van der Waals surface area (Å²) in [6.45, 7) is 7.95. The molecule has 3 nitrogen and oxygen atoms in total. The molecule has 0 fully saturated rings. The number of ether oxygens (including phenoxy) is 1. The first-order valence-corrected chi connectivity index (χ1v) is 4.58. The maximum Gasteiger partial charge on any atom is 0.136 e. The molecule has 78 valence electrons. The zero-order chi connectivity index (χ0) is 10.5. The molecule has 0 saturated carbocycles. The number of carbonyl (C=O) groups is 1. The zero-order valence-electron chi connectivity index (χ0n) is 9.39. The molecule has 0 amide bonds. The SMILES string of the molecule is COCCN(C)CC(C)(C)C(C)=O. The van der Waals surface area contributed by atoms with Crippen molar-refractivity contribution in [2.24, 2.45) is 5.41 Å². The van der Waals surface area contributed by atoms with E-state index < -0.39 is 0 Å². The zero-order valence-corrected chi connectivity index (χ0v) is 9.39. The highest BCUT2D eigenvalue weighted by Crippen LogP contribution is 2.17. The smallest absolute Gasteiger partial charge is 0.136 e. The van der Waals surface area contributed by atoms with Crippen LogP contribution < -0.4 is 0 Å². The van der Waals surface area contributed by atoms with Crippen LogP contribution in [-0.2, 0) is 9.53 Å². The molecule has 0 aliphatic carbocycles. The molecule has 0 aliphatic rings. The van der Waals surface area contributed by atoms with Gasteiger partial charge in [0.1, 0.15) is 5.78 Å². The van der Waals surface area contributed by atoms with Crippen LogP contribution in [0.15, 0.2) is 0 Å². The lowest BCUT2D eigenvalue weighted by atomic mass is 9.88. The maximum absolute atomic E-state index is 11.2. The Kier molecular flexibility index (Phi) is 5.18. The summed E-state index contributed by atoms with van der Waals surface area (Å²) >= 11 is 0. The van der Waals surface area contributed by atoms with Crippen LogP contribution in [0.3, 0.4) is 0 Å². The Morgan fingerprint density at radius 1 is 1.46 bits per heavy atom. The molecule has 0 N–H and O–H groups in total. The van der Waals surface area contributed by atoms with Gasteiger partial charge in [0, 0.05) is 25.6 Å². The van der Waals surface area contributed by atoms with E-state index in [1.165, 1.54) is 0 Å². The van der Waals surface area contributed by atoms with Crippen LogP contribution in [0, 0.1) is 5.41 Å². The van der Waals surface area contributed by atoms with Gasteiger partial charge in [-0.2, -0.15) is 0 Å². The predicted octanol–water partition coefficient (Wildman–Crippen LogP) is 1.18. The Bertz CT molecular complexity index is 166. The topological polar surface area (TPSA) is 29.5 Å². The summed E-state index contributed by atoms with van der Waals surface area (Å²) in [4.78, 5) is 13.3. The molecule has 0 saturated heterocycles. The summed E-state index contributed by atoms with van der Waals surface area (Å²) in [5.41, 5.74) is -0.248. The Hall–Kier alpha value is -0.410. The molecule has 0 rings (SSSR count). The van der Waals surface area contributed by atoms with Gasteiger partial charge in [-0.3, -0.25) is 4.79 Å². The highest BCUT2D eigenvalue weighted by atomic mass is 16.5. The van der Waals surface area contributed by atoms with E-state index in [4.69, 9.17) is 4.74 Å². The van der Waals surface area contributed by atoms with Gasteiger partial charge >= 0.3 is 0 Å². The number of likely N-dealkylation sites (N-methyl/N-ethyl adjacent to an activating group) is 1. The van der Waals surface area contributed by atoms with E-state index in [2.05, 4.69) is 4.90 Å². The van der Waals surface area contributed by atoms with Crippen LogP contribution in [-0.4, -0.2) is 44.5 Å². The molecule has 13 heavy (non-hydrogen) atoms. The number of nitrogens with zero attached hydrogens (tertiary/aromatic N) is 1. The number of Topliss-reactive ketones (excluding diaryl/α,β-unsaturated/α-hetero) is 1. The Labute approximate surface area is 81.1 Å². The van der Waals surface area contributed by atoms with Crippen molar-refractivity contribution in [2.75, 3.05) is 33.9 Å². The number of methoxy groups -OCH3 is 1. The average Bonchev–Trinajstić information content (AvgIpc) is 1.99. The van der Waals surface area contributed by atoms with Gasteiger partial charge in [-0.1, -0.05) is 13.8 Å². The van der Waals surface area contributed by atoms with Crippen molar-refractivity contribution in [3.8, 4) is 0 Å². The van der Waals surface area contributed by atoms with Crippen LogP contribution in [0.1, 0.15) is 20.8 Å². The molecule has 0 unspecified atom stereocenters. The van der Waals surface area contributed by atoms with Gasteiger partial charge in [0.25, 0.3) is 0 Å². The quantitative estimate of drug-likeness (QED) is 0.625. The van der Waals surface area contributed by atoms with Crippen LogP contribution >= 0.6 is 0 Å². The fraction of sp³-hybridized carbons (Fsp3) is 0.900. The molecular weight excluding hydrogens is 166 g/mol. The van der Waals surface area contributed by atoms with E-state index in [9.17, 15) is 4.79 Å². The number of hydrogen-bond donors (Lipinski definition) is 0. The monoisotopic (exact) mass is 187 g/mol. The number of carbonyl (C=O) groups excluding carboxylic acids is 1. The fourth-order valence-electron chi connectivity index (χ4n) is 1.11. The van der Waals surface area contributed by atoms with Crippen molar-refractivity contribution < 1.29 is 9.53 Å². The molecule has 0 bridgehead atoms. The Balaban J connectivity index is 3.89. The summed E-state index contributed by atoms with van der Waals surface area (Å²) in [7, 11) is 3.69. The molecule has 0 heterocycles. The van der Waals surface area contributed by atoms with Gasteiger partial charge in [0.2, 0.25) is 0 Å². The second kappa shape index (κ2) is 5.35. The predicted molar refractivity (Wildman–Crippen MR) is 53.8 cm³/mol. The highest BCUT2D eigenvalue weighted by molar-refractivity contribution is 5.81. The van der Waals surface area contributed by atoms with Gasteiger partial charge in [0.15, 0.2) is 0 Å². The minimum absolute atomic E-state index is 0.233.